The molecule has 1 N–H and O–H groups in total. The number of hydrogen-bond acceptors (Lipinski definition) is 6. The number of esters is 1. The number of fused-ring (bicyclic) bond motifs is 2. The zero-order valence-electron chi connectivity index (χ0n) is 12.8. The molecule has 1 unspecified atom stereocenters. The van der Waals surface area contributed by atoms with E-state index in [1.807, 2.05) is 6.07 Å². The molecule has 3 rings (SSSR count). The zero-order valence-corrected chi connectivity index (χ0v) is 13.7. The maximum absolute atomic E-state index is 12.8. The fourth-order valence-corrected chi connectivity index (χ4v) is 3.64. The smallest absolute Gasteiger partial charge is 0.308 e. The lowest BCUT2D eigenvalue weighted by Crippen LogP contribution is -2.11. The summed E-state index contributed by atoms with van der Waals surface area (Å²) in [6.07, 6.45) is 0. The first-order valence-corrected chi connectivity index (χ1v) is 7.95. The van der Waals surface area contributed by atoms with Gasteiger partial charge >= 0.3 is 5.97 Å². The number of carbonyl (C=O) groups is 1. The first kappa shape index (κ1) is 15.4. The number of ether oxygens (including phenoxy) is 3. The lowest BCUT2D eigenvalue weighted by atomic mass is 10.2. The second-order valence-corrected chi connectivity index (χ2v) is 6.27. The largest absolute Gasteiger partial charge is 0.497 e. The van der Waals surface area contributed by atoms with Gasteiger partial charge in [0.15, 0.2) is 11.5 Å². The van der Waals surface area contributed by atoms with Crippen LogP contribution in [0.3, 0.4) is 0 Å². The van der Waals surface area contributed by atoms with Crippen LogP contribution in [-0.4, -0.2) is 24.4 Å². The quantitative estimate of drug-likeness (QED) is 0.587. The third-order valence-electron chi connectivity index (χ3n) is 3.38. The van der Waals surface area contributed by atoms with Crippen LogP contribution in [0.4, 0.5) is 11.4 Å². The number of methoxy groups -OCH3 is 2. The van der Waals surface area contributed by atoms with E-state index in [4.69, 9.17) is 14.2 Å². The minimum Gasteiger partial charge on any atom is -0.497 e. The Kier molecular flexibility index (Phi) is 3.96. The van der Waals surface area contributed by atoms with Crippen molar-refractivity contribution in [3.63, 3.8) is 0 Å². The zero-order chi connectivity index (χ0) is 16.6. The number of anilines is 2. The first-order chi connectivity index (χ1) is 11.0. The van der Waals surface area contributed by atoms with Crippen LogP contribution in [-0.2, 0) is 15.6 Å². The van der Waals surface area contributed by atoms with E-state index in [1.165, 1.54) is 14.0 Å². The van der Waals surface area contributed by atoms with Crippen LogP contribution in [0.5, 0.6) is 17.2 Å². The van der Waals surface area contributed by atoms with E-state index in [1.54, 1.807) is 31.4 Å². The minimum absolute atomic E-state index is 0.236. The van der Waals surface area contributed by atoms with Gasteiger partial charge in [-0.1, -0.05) is 0 Å². The van der Waals surface area contributed by atoms with E-state index in [0.29, 0.717) is 27.0 Å². The van der Waals surface area contributed by atoms with Crippen LogP contribution in [0.15, 0.2) is 40.1 Å². The van der Waals surface area contributed by atoms with E-state index in [0.717, 1.165) is 5.69 Å². The summed E-state index contributed by atoms with van der Waals surface area (Å²) >= 11 is 0. The Hall–Kier alpha value is -2.54. The van der Waals surface area contributed by atoms with E-state index >= 15 is 0 Å². The van der Waals surface area contributed by atoms with Gasteiger partial charge in [0, 0.05) is 19.1 Å². The summed E-state index contributed by atoms with van der Waals surface area (Å²) in [7, 11) is 1.61. The van der Waals surface area contributed by atoms with E-state index in [2.05, 4.69) is 5.32 Å². The molecule has 0 aliphatic carbocycles. The third-order valence-corrected chi connectivity index (χ3v) is 4.85. The molecule has 0 amide bonds. The maximum Gasteiger partial charge on any atom is 0.308 e. The number of nitrogens with one attached hydrogen (secondary N) is 1. The number of hydrogen-bond donors (Lipinski definition) is 1. The molecule has 1 aliphatic rings. The van der Waals surface area contributed by atoms with E-state index in [9.17, 15) is 9.00 Å². The Morgan fingerprint density at radius 1 is 1.00 bits per heavy atom. The fourth-order valence-electron chi connectivity index (χ4n) is 2.34. The standard InChI is InChI=1S/C16H15NO5S/c1-9(18)22-14-8-16-12(7-13(14)21-3)17-11-5-4-10(20-2)6-15(11)23(16)19/h4-8,17H,1-3H3. The molecule has 6 nitrogen and oxygen atoms in total. The molecule has 23 heavy (non-hydrogen) atoms. The topological polar surface area (TPSA) is 73.9 Å². The molecule has 1 heterocycles. The Balaban J connectivity index is 2.11. The highest BCUT2D eigenvalue weighted by atomic mass is 32.2. The van der Waals surface area contributed by atoms with Crippen LogP contribution < -0.4 is 19.5 Å². The highest BCUT2D eigenvalue weighted by molar-refractivity contribution is 7.85. The first-order valence-electron chi connectivity index (χ1n) is 6.80. The van der Waals surface area contributed by atoms with E-state index in [-0.39, 0.29) is 5.75 Å². The lowest BCUT2D eigenvalue weighted by molar-refractivity contribution is -0.132. The van der Waals surface area contributed by atoms with Crippen molar-refractivity contribution >= 4 is 28.1 Å². The van der Waals surface area contributed by atoms with Gasteiger partial charge in [-0.2, -0.15) is 0 Å². The Morgan fingerprint density at radius 2 is 1.74 bits per heavy atom. The average Bonchev–Trinajstić information content (AvgIpc) is 2.54. The highest BCUT2D eigenvalue weighted by Crippen LogP contribution is 2.43. The molecular formula is C16H15NO5S. The van der Waals surface area contributed by atoms with Crippen molar-refractivity contribution < 1.29 is 23.2 Å². The lowest BCUT2D eigenvalue weighted by Gasteiger charge is -2.22. The maximum atomic E-state index is 12.8. The van der Waals surface area contributed by atoms with Crippen molar-refractivity contribution in [1.82, 2.24) is 0 Å². The third kappa shape index (κ3) is 2.75. The highest BCUT2D eigenvalue weighted by Gasteiger charge is 2.25. The van der Waals surface area contributed by atoms with Gasteiger partial charge in [0.2, 0.25) is 0 Å². The molecule has 2 aromatic carbocycles. The normalized spacial score (nSPS) is 15.0. The van der Waals surface area contributed by atoms with Crippen LogP contribution >= 0.6 is 0 Å². The predicted octanol–water partition coefficient (Wildman–Crippen LogP) is 2.85. The second kappa shape index (κ2) is 5.92. The van der Waals surface area contributed by atoms with Crippen LogP contribution in [0, 0.1) is 0 Å². The SMILES string of the molecule is COc1ccc2c(c1)S(=O)c1cc(OC(C)=O)c(OC)cc1N2. The van der Waals surface area contributed by atoms with Gasteiger partial charge < -0.3 is 19.5 Å². The molecule has 7 heteroatoms. The number of carbonyl (C=O) groups excluding carboxylic acids is 1. The van der Waals surface area contributed by atoms with Gasteiger partial charge in [-0.05, 0) is 18.2 Å². The summed E-state index contributed by atoms with van der Waals surface area (Å²) in [4.78, 5) is 12.4. The van der Waals surface area contributed by atoms with Crippen molar-refractivity contribution in [2.45, 2.75) is 16.7 Å². The van der Waals surface area contributed by atoms with Crippen molar-refractivity contribution in [3.8, 4) is 17.2 Å². The minimum atomic E-state index is -1.43. The Bertz CT molecular complexity index is 818. The van der Waals surface area contributed by atoms with Gasteiger partial charge in [-0.3, -0.25) is 4.79 Å². The molecule has 0 bridgehead atoms. The van der Waals surface area contributed by atoms with Crippen molar-refractivity contribution in [2.75, 3.05) is 19.5 Å². The molecule has 120 valence electrons. The van der Waals surface area contributed by atoms with Crippen LogP contribution in [0.1, 0.15) is 6.92 Å². The van der Waals surface area contributed by atoms with Gasteiger partial charge in [-0.15, -0.1) is 0 Å². The molecule has 0 aromatic heterocycles. The number of rotatable bonds is 3. The summed E-state index contributed by atoms with van der Waals surface area (Å²) in [6.45, 7) is 1.30. The summed E-state index contributed by atoms with van der Waals surface area (Å²) in [5.74, 6) is 0.775. The summed E-state index contributed by atoms with van der Waals surface area (Å²) in [6, 6.07) is 8.54. The molecular weight excluding hydrogens is 318 g/mol. The van der Waals surface area contributed by atoms with Gasteiger partial charge in [-0.25, -0.2) is 4.21 Å². The molecule has 0 radical (unpaired) electrons. The molecule has 0 saturated carbocycles. The molecule has 0 saturated heterocycles. The van der Waals surface area contributed by atoms with Crippen molar-refractivity contribution in [2.24, 2.45) is 0 Å². The Morgan fingerprint density at radius 3 is 2.39 bits per heavy atom. The van der Waals surface area contributed by atoms with Crippen molar-refractivity contribution in [3.05, 3.63) is 30.3 Å². The fraction of sp³-hybridized carbons (Fsp3) is 0.188. The second-order valence-electron chi connectivity index (χ2n) is 4.85. The number of benzene rings is 2. The predicted molar refractivity (Wildman–Crippen MR) is 85.3 cm³/mol. The van der Waals surface area contributed by atoms with Gasteiger partial charge in [0.25, 0.3) is 0 Å². The molecule has 0 spiro atoms. The van der Waals surface area contributed by atoms with Crippen LogP contribution in [0.25, 0.3) is 0 Å². The van der Waals surface area contributed by atoms with Gasteiger partial charge in [0.1, 0.15) is 5.75 Å². The molecule has 1 aliphatic heterocycles. The summed E-state index contributed by atoms with van der Waals surface area (Å²) < 4.78 is 28.4. The molecule has 2 aromatic rings. The molecule has 0 fully saturated rings. The Labute approximate surface area is 135 Å². The summed E-state index contributed by atoms with van der Waals surface area (Å²) in [5, 5.41) is 3.21. The monoisotopic (exact) mass is 333 g/mol. The van der Waals surface area contributed by atoms with Crippen LogP contribution in [0.2, 0.25) is 0 Å². The summed E-state index contributed by atoms with van der Waals surface area (Å²) in [5.41, 5.74) is 1.38. The van der Waals surface area contributed by atoms with Gasteiger partial charge in [0.05, 0.1) is 46.2 Å². The average molecular weight is 333 g/mol. The van der Waals surface area contributed by atoms with Crippen molar-refractivity contribution in [1.29, 1.82) is 0 Å². The van der Waals surface area contributed by atoms with E-state index < -0.39 is 16.8 Å². The molecule has 1 atom stereocenters.